The van der Waals surface area contributed by atoms with Gasteiger partial charge in [-0.3, -0.25) is 14.3 Å². The van der Waals surface area contributed by atoms with E-state index in [0.29, 0.717) is 37.5 Å². The van der Waals surface area contributed by atoms with Gasteiger partial charge in [0, 0.05) is 25.2 Å². The maximum atomic E-state index is 14.3. The van der Waals surface area contributed by atoms with Crippen molar-refractivity contribution in [3.05, 3.63) is 87.4 Å². The highest BCUT2D eigenvalue weighted by atomic mass is 35.5. The average molecular weight is 757 g/mol. The van der Waals surface area contributed by atoms with Crippen LogP contribution in [0.4, 0.5) is 15.6 Å². The summed E-state index contributed by atoms with van der Waals surface area (Å²) in [6.45, 7) is -0.348. The van der Waals surface area contributed by atoms with Crippen molar-refractivity contribution >= 4 is 83.4 Å². The zero-order valence-electron chi connectivity index (χ0n) is 26.5. The standard InChI is InChI=1S/C32H31Cl2N9O5S2/c1-50(47,48)39-22-8-5-19(6-9-22)14-25-30(45)40(16-21-3-2-4-26-29(21)38-31(36)49-26)17-27-42(18-28(44)43(25)27)41(12-11-35)32(46)37-15-20-7-10-23(33)24(34)13-20/h2-10,13,25,27,39H,12,14-18H2,1H3,(H2,36,38)(H,37,46)/t25-,27+/m0/s1. The maximum Gasteiger partial charge on any atom is 0.333 e. The van der Waals surface area contributed by atoms with E-state index in [1.54, 1.807) is 47.4 Å². The van der Waals surface area contributed by atoms with Crippen LogP contribution in [0.15, 0.2) is 60.7 Å². The molecule has 1 aromatic heterocycles. The number of nitrogens with zero attached hydrogens (tertiary/aromatic N) is 6. The molecule has 2 aliphatic rings. The molecule has 0 bridgehead atoms. The van der Waals surface area contributed by atoms with Crippen molar-refractivity contribution in [1.82, 2.24) is 30.1 Å². The monoisotopic (exact) mass is 755 g/mol. The molecular weight excluding hydrogens is 725 g/mol. The first-order chi connectivity index (χ1) is 23.8. The van der Waals surface area contributed by atoms with Crippen molar-refractivity contribution in [3.8, 4) is 6.07 Å². The molecule has 4 amide bonds. The minimum absolute atomic E-state index is 0.0380. The normalized spacial score (nSPS) is 17.9. The number of piperazine rings is 1. The Labute approximate surface area is 302 Å². The number of nitriles is 1. The molecule has 2 fully saturated rings. The highest BCUT2D eigenvalue weighted by molar-refractivity contribution is 7.92. The van der Waals surface area contributed by atoms with Crippen molar-refractivity contribution in [1.29, 1.82) is 5.26 Å². The average Bonchev–Trinajstić information content (AvgIpc) is 3.61. The predicted octanol–water partition coefficient (Wildman–Crippen LogP) is 3.63. The summed E-state index contributed by atoms with van der Waals surface area (Å²) in [5.74, 6) is -0.705. The number of benzene rings is 3. The lowest BCUT2D eigenvalue weighted by atomic mass is 9.99. The van der Waals surface area contributed by atoms with Crippen molar-refractivity contribution in [2.75, 3.05) is 36.3 Å². The number of nitrogens with two attached hydrogens (primary N) is 1. The molecule has 0 radical (unpaired) electrons. The topological polar surface area (TPSA) is 185 Å². The summed E-state index contributed by atoms with van der Waals surface area (Å²) in [7, 11) is -3.50. The first-order valence-corrected chi connectivity index (χ1v) is 18.7. The van der Waals surface area contributed by atoms with Crippen molar-refractivity contribution in [3.63, 3.8) is 0 Å². The van der Waals surface area contributed by atoms with Crippen LogP contribution >= 0.6 is 34.5 Å². The molecule has 0 unspecified atom stereocenters. The smallest absolute Gasteiger partial charge is 0.333 e. The van der Waals surface area contributed by atoms with E-state index < -0.39 is 34.2 Å². The van der Waals surface area contributed by atoms with E-state index >= 15 is 0 Å². The molecule has 0 spiro atoms. The molecule has 4 N–H and O–H groups in total. The van der Waals surface area contributed by atoms with Crippen LogP contribution in [0.3, 0.4) is 0 Å². The Morgan fingerprint density at radius 1 is 1.12 bits per heavy atom. The number of nitrogens with one attached hydrogen (secondary N) is 2. The minimum atomic E-state index is -3.50. The lowest BCUT2D eigenvalue weighted by Crippen LogP contribution is -2.66. The number of amides is 4. The third-order valence-corrected chi connectivity index (χ3v) is 10.5. The Morgan fingerprint density at radius 2 is 1.86 bits per heavy atom. The van der Waals surface area contributed by atoms with Crippen molar-refractivity contribution < 1.29 is 22.8 Å². The second-order valence-corrected chi connectivity index (χ2v) is 15.5. The number of hydrogen-bond donors (Lipinski definition) is 3. The van der Waals surface area contributed by atoms with Gasteiger partial charge in [0.05, 0.1) is 45.7 Å². The summed E-state index contributed by atoms with van der Waals surface area (Å²) in [4.78, 5) is 49.2. The van der Waals surface area contributed by atoms with Crippen LogP contribution in [0, 0.1) is 11.3 Å². The lowest BCUT2D eigenvalue weighted by molar-refractivity contribution is -0.157. The zero-order chi connectivity index (χ0) is 35.7. The van der Waals surface area contributed by atoms with E-state index in [-0.39, 0.29) is 45.1 Å². The van der Waals surface area contributed by atoms with Gasteiger partial charge in [0.2, 0.25) is 21.8 Å². The van der Waals surface area contributed by atoms with Crippen LogP contribution in [-0.2, 0) is 39.1 Å². The Balaban J connectivity index is 1.31. The number of halogens is 2. The number of aromatic nitrogens is 1. The number of hydrogen-bond acceptors (Lipinski definition) is 10. The van der Waals surface area contributed by atoms with Crippen LogP contribution in [-0.4, -0.2) is 89.2 Å². The summed E-state index contributed by atoms with van der Waals surface area (Å²) in [5, 5.41) is 16.3. The van der Waals surface area contributed by atoms with Gasteiger partial charge in [-0.15, -0.1) is 0 Å². The number of nitrogen functional groups attached to an aromatic ring is 1. The number of thiazole rings is 1. The molecule has 14 nitrogen and oxygen atoms in total. The molecular formula is C32H31Cl2N9O5S2. The van der Waals surface area contributed by atoms with Crippen LogP contribution < -0.4 is 15.8 Å². The van der Waals surface area contributed by atoms with Crippen LogP contribution in [0.5, 0.6) is 0 Å². The molecule has 6 rings (SSSR count). The molecule has 50 heavy (non-hydrogen) atoms. The fourth-order valence-electron chi connectivity index (χ4n) is 6.16. The van der Waals surface area contributed by atoms with E-state index in [1.807, 2.05) is 24.3 Å². The molecule has 18 heteroatoms. The first-order valence-electron chi connectivity index (χ1n) is 15.2. The largest absolute Gasteiger partial charge is 0.375 e. The molecule has 2 atom stereocenters. The SMILES string of the molecule is CS(=O)(=O)Nc1ccc(C[C@H]2C(=O)N(Cc3cccc4sc(N)nc34)C[C@H]3N2C(=O)CN3N(CC#N)C(=O)NCc2ccc(Cl)c(Cl)c2)cc1. The molecule has 4 aromatic rings. The molecule has 260 valence electrons. The Morgan fingerprint density at radius 3 is 2.56 bits per heavy atom. The Kier molecular flexibility index (Phi) is 10.1. The number of sulfonamides is 1. The van der Waals surface area contributed by atoms with Gasteiger partial charge in [0.15, 0.2) is 5.13 Å². The lowest BCUT2D eigenvalue weighted by Gasteiger charge is -2.46. The molecule has 0 saturated carbocycles. The number of para-hydroxylation sites is 1. The van der Waals surface area contributed by atoms with Crippen LogP contribution in [0.2, 0.25) is 10.0 Å². The number of carbonyl (C=O) groups excluding carboxylic acids is 3. The van der Waals surface area contributed by atoms with Gasteiger partial charge in [-0.05, 0) is 47.0 Å². The van der Waals surface area contributed by atoms with E-state index in [9.17, 15) is 28.1 Å². The number of urea groups is 1. The van der Waals surface area contributed by atoms with Gasteiger partial charge in [0.1, 0.15) is 18.8 Å². The van der Waals surface area contributed by atoms with Gasteiger partial charge < -0.3 is 20.9 Å². The molecule has 3 aromatic carbocycles. The highest BCUT2D eigenvalue weighted by Gasteiger charge is 2.52. The number of fused-ring (bicyclic) bond motifs is 2. The number of anilines is 2. The van der Waals surface area contributed by atoms with Crippen LogP contribution in [0.1, 0.15) is 16.7 Å². The fourth-order valence-corrected chi connectivity index (χ4v) is 7.82. The zero-order valence-corrected chi connectivity index (χ0v) is 29.7. The number of rotatable bonds is 10. The van der Waals surface area contributed by atoms with E-state index in [0.717, 1.165) is 16.5 Å². The second-order valence-electron chi connectivity index (χ2n) is 11.8. The van der Waals surface area contributed by atoms with Gasteiger partial charge in [0.25, 0.3) is 0 Å². The predicted molar refractivity (Wildman–Crippen MR) is 190 cm³/mol. The second kappa shape index (κ2) is 14.3. The van der Waals surface area contributed by atoms with Gasteiger partial charge in [-0.25, -0.2) is 23.2 Å². The van der Waals surface area contributed by atoms with Gasteiger partial charge in [-0.1, -0.05) is 64.9 Å². The molecule has 2 aliphatic heterocycles. The highest BCUT2D eigenvalue weighted by Crippen LogP contribution is 2.33. The molecule has 2 saturated heterocycles. The summed E-state index contributed by atoms with van der Waals surface area (Å²) < 4.78 is 26.7. The van der Waals surface area contributed by atoms with E-state index in [1.165, 1.54) is 26.3 Å². The number of hydrazine groups is 1. The quantitative estimate of drug-likeness (QED) is 0.203. The third kappa shape index (κ3) is 7.57. The fraction of sp³-hybridized carbons (Fsp3) is 0.281. The summed E-state index contributed by atoms with van der Waals surface area (Å²) in [6, 6.07) is 17.5. The third-order valence-electron chi connectivity index (χ3n) is 8.33. The van der Waals surface area contributed by atoms with Gasteiger partial charge in [-0.2, -0.15) is 10.3 Å². The summed E-state index contributed by atoms with van der Waals surface area (Å²) in [5.41, 5.74) is 9.13. The summed E-state index contributed by atoms with van der Waals surface area (Å²) in [6.07, 6.45) is 0.366. The van der Waals surface area contributed by atoms with Crippen molar-refractivity contribution in [2.24, 2.45) is 0 Å². The van der Waals surface area contributed by atoms with Crippen molar-refractivity contribution in [2.45, 2.75) is 31.7 Å². The Bertz CT molecular complexity index is 2120. The van der Waals surface area contributed by atoms with Gasteiger partial charge >= 0.3 is 6.03 Å². The maximum absolute atomic E-state index is 14.3. The summed E-state index contributed by atoms with van der Waals surface area (Å²) >= 11 is 13.5. The molecule has 0 aliphatic carbocycles. The Hall–Kier alpha value is -4.66. The minimum Gasteiger partial charge on any atom is -0.375 e. The molecule has 3 heterocycles. The number of carbonyl (C=O) groups is 3. The van der Waals surface area contributed by atoms with E-state index in [4.69, 9.17) is 28.9 Å². The van der Waals surface area contributed by atoms with E-state index in [2.05, 4.69) is 15.0 Å². The van der Waals surface area contributed by atoms with Crippen LogP contribution in [0.25, 0.3) is 10.2 Å². The first kappa shape index (κ1) is 35.2.